The van der Waals surface area contributed by atoms with Gasteiger partial charge in [0.05, 0.1) is 32.6 Å². The third-order valence-corrected chi connectivity index (χ3v) is 5.10. The van der Waals surface area contributed by atoms with Crippen molar-refractivity contribution in [3.05, 3.63) is 34.8 Å². The van der Waals surface area contributed by atoms with Crippen LogP contribution in [0.4, 0.5) is 0 Å². The van der Waals surface area contributed by atoms with Crippen LogP contribution in [0.25, 0.3) is 10.6 Å². The van der Waals surface area contributed by atoms with Crippen molar-refractivity contribution >= 4 is 17.3 Å². The lowest BCUT2D eigenvalue weighted by atomic mass is 10.2. The second kappa shape index (κ2) is 8.42. The molecule has 6 nitrogen and oxygen atoms in total. The Morgan fingerprint density at radius 2 is 2.00 bits per heavy atom. The number of thiazole rings is 1. The lowest BCUT2D eigenvalue weighted by Gasteiger charge is -2.25. The van der Waals surface area contributed by atoms with Gasteiger partial charge in [0.25, 0.3) is 0 Å². The first-order valence-electron chi connectivity index (χ1n) is 8.32. The number of morpholine rings is 1. The summed E-state index contributed by atoms with van der Waals surface area (Å²) in [6.07, 6.45) is 0. The van der Waals surface area contributed by atoms with Gasteiger partial charge in [-0.2, -0.15) is 0 Å². The van der Waals surface area contributed by atoms with Crippen molar-refractivity contribution < 1.29 is 19.0 Å². The first-order valence-corrected chi connectivity index (χ1v) is 9.14. The van der Waals surface area contributed by atoms with Crippen molar-refractivity contribution in [2.45, 2.75) is 13.5 Å². The quantitative estimate of drug-likeness (QED) is 0.737. The molecule has 1 aliphatic heterocycles. The fourth-order valence-corrected chi connectivity index (χ4v) is 3.62. The Morgan fingerprint density at radius 1 is 1.28 bits per heavy atom. The number of hydrogen-bond acceptors (Lipinski definition) is 7. The summed E-state index contributed by atoms with van der Waals surface area (Å²) < 4.78 is 15.8. The molecule has 0 unspecified atom stereocenters. The van der Waals surface area contributed by atoms with Crippen molar-refractivity contribution in [1.82, 2.24) is 9.88 Å². The highest BCUT2D eigenvalue weighted by Gasteiger charge is 2.22. The van der Waals surface area contributed by atoms with Gasteiger partial charge in [-0.15, -0.1) is 11.3 Å². The molecule has 0 bridgehead atoms. The number of esters is 1. The second-order valence-corrected chi connectivity index (χ2v) is 6.63. The Labute approximate surface area is 151 Å². The average Bonchev–Trinajstić information content (AvgIpc) is 3.07. The van der Waals surface area contributed by atoms with Crippen molar-refractivity contribution in [3.63, 3.8) is 0 Å². The normalized spacial score (nSPS) is 15.1. The highest BCUT2D eigenvalue weighted by atomic mass is 32.1. The molecule has 2 aromatic rings. The van der Waals surface area contributed by atoms with E-state index in [0.29, 0.717) is 31.2 Å². The summed E-state index contributed by atoms with van der Waals surface area (Å²) in [5, 5.41) is 0.814. The largest absolute Gasteiger partial charge is 0.497 e. The second-order valence-electron chi connectivity index (χ2n) is 5.63. The van der Waals surface area contributed by atoms with E-state index in [2.05, 4.69) is 4.90 Å². The summed E-state index contributed by atoms with van der Waals surface area (Å²) in [5.41, 5.74) is 1.74. The number of nitrogens with zero attached hydrogens (tertiary/aromatic N) is 2. The van der Waals surface area contributed by atoms with E-state index in [9.17, 15) is 4.79 Å². The van der Waals surface area contributed by atoms with Crippen molar-refractivity contribution in [2.75, 3.05) is 40.0 Å². The number of hydrogen-bond donors (Lipinski definition) is 0. The minimum absolute atomic E-state index is 0.303. The first kappa shape index (κ1) is 17.8. The molecule has 7 heteroatoms. The van der Waals surface area contributed by atoms with E-state index in [0.717, 1.165) is 35.1 Å². The van der Waals surface area contributed by atoms with E-state index in [-0.39, 0.29) is 5.97 Å². The fraction of sp³-hybridized carbons (Fsp3) is 0.444. The molecule has 1 saturated heterocycles. The number of carbonyl (C=O) groups excluding carboxylic acids is 1. The third kappa shape index (κ3) is 4.36. The molecular weight excluding hydrogens is 340 g/mol. The molecule has 1 aromatic carbocycles. The molecule has 0 N–H and O–H groups in total. The molecule has 25 heavy (non-hydrogen) atoms. The highest BCUT2D eigenvalue weighted by Crippen LogP contribution is 2.30. The average molecular weight is 362 g/mol. The SMILES string of the molecule is CCOC(=O)c1sc(-c2ccc(OC)cc2)nc1CN1CCOCC1. The topological polar surface area (TPSA) is 60.9 Å². The molecule has 0 spiro atoms. The van der Waals surface area contributed by atoms with Gasteiger partial charge < -0.3 is 14.2 Å². The maximum Gasteiger partial charge on any atom is 0.350 e. The third-order valence-electron chi connectivity index (χ3n) is 3.97. The van der Waals surface area contributed by atoms with Crippen LogP contribution in [0.2, 0.25) is 0 Å². The maximum absolute atomic E-state index is 12.3. The minimum Gasteiger partial charge on any atom is -0.497 e. The Hall–Kier alpha value is -1.96. The summed E-state index contributed by atoms with van der Waals surface area (Å²) in [6.45, 7) is 5.91. The van der Waals surface area contributed by atoms with Gasteiger partial charge in [-0.05, 0) is 31.2 Å². The zero-order chi connectivity index (χ0) is 17.6. The van der Waals surface area contributed by atoms with Crippen LogP contribution in [0.1, 0.15) is 22.3 Å². The summed E-state index contributed by atoms with van der Waals surface area (Å²) in [4.78, 5) is 19.9. The van der Waals surface area contributed by atoms with Gasteiger partial charge in [-0.3, -0.25) is 4.90 Å². The molecule has 2 heterocycles. The predicted molar refractivity (Wildman–Crippen MR) is 96.2 cm³/mol. The van der Waals surface area contributed by atoms with Gasteiger partial charge >= 0.3 is 5.97 Å². The molecule has 134 valence electrons. The zero-order valence-electron chi connectivity index (χ0n) is 14.5. The Kier molecular flexibility index (Phi) is 6.01. The molecule has 0 aliphatic carbocycles. The number of benzene rings is 1. The number of carbonyl (C=O) groups is 1. The molecule has 0 amide bonds. The van der Waals surface area contributed by atoms with Crippen LogP contribution in [-0.4, -0.2) is 55.9 Å². The number of methoxy groups -OCH3 is 1. The summed E-state index contributed by atoms with van der Waals surface area (Å²) in [7, 11) is 1.64. The molecule has 1 fully saturated rings. The maximum atomic E-state index is 12.3. The molecule has 1 aliphatic rings. The van der Waals surface area contributed by atoms with Gasteiger partial charge in [0.1, 0.15) is 15.6 Å². The van der Waals surface area contributed by atoms with Crippen molar-refractivity contribution in [1.29, 1.82) is 0 Å². The van der Waals surface area contributed by atoms with E-state index in [1.54, 1.807) is 7.11 Å². The first-order chi connectivity index (χ1) is 12.2. The van der Waals surface area contributed by atoms with Crippen LogP contribution < -0.4 is 4.74 Å². The monoisotopic (exact) mass is 362 g/mol. The number of ether oxygens (including phenoxy) is 3. The van der Waals surface area contributed by atoms with Crippen molar-refractivity contribution in [2.24, 2.45) is 0 Å². The van der Waals surface area contributed by atoms with E-state index in [1.807, 2.05) is 31.2 Å². The molecule has 3 rings (SSSR count). The van der Waals surface area contributed by atoms with Crippen LogP contribution in [-0.2, 0) is 16.0 Å². The van der Waals surface area contributed by atoms with Gasteiger partial charge in [0.2, 0.25) is 0 Å². The Bertz CT molecular complexity index is 708. The predicted octanol–water partition coefficient (Wildman–Crippen LogP) is 2.83. The Balaban J connectivity index is 1.88. The molecular formula is C18H22N2O4S. The summed E-state index contributed by atoms with van der Waals surface area (Å²) in [5.74, 6) is 0.488. The summed E-state index contributed by atoms with van der Waals surface area (Å²) in [6, 6.07) is 7.68. The Morgan fingerprint density at radius 3 is 2.64 bits per heavy atom. The standard InChI is InChI=1S/C18H22N2O4S/c1-3-24-18(21)16-15(12-20-8-10-23-11-9-20)19-17(25-16)13-4-6-14(22-2)7-5-13/h4-7H,3,8-12H2,1-2H3. The van der Waals surface area contributed by atoms with E-state index in [1.165, 1.54) is 11.3 Å². The highest BCUT2D eigenvalue weighted by molar-refractivity contribution is 7.17. The molecule has 0 saturated carbocycles. The van der Waals surface area contributed by atoms with Crippen LogP contribution >= 0.6 is 11.3 Å². The van der Waals surface area contributed by atoms with Gasteiger partial charge in [-0.1, -0.05) is 0 Å². The van der Waals surface area contributed by atoms with E-state index >= 15 is 0 Å². The van der Waals surface area contributed by atoms with E-state index < -0.39 is 0 Å². The van der Waals surface area contributed by atoms with Gasteiger partial charge in [0.15, 0.2) is 0 Å². The van der Waals surface area contributed by atoms with Gasteiger partial charge in [0, 0.05) is 25.2 Å². The van der Waals surface area contributed by atoms with Crippen LogP contribution in [0, 0.1) is 0 Å². The minimum atomic E-state index is -0.303. The lowest BCUT2D eigenvalue weighted by molar-refractivity contribution is 0.0332. The molecule has 0 radical (unpaired) electrons. The van der Waals surface area contributed by atoms with Crippen molar-refractivity contribution in [3.8, 4) is 16.3 Å². The number of aromatic nitrogens is 1. The molecule has 1 aromatic heterocycles. The van der Waals surface area contributed by atoms with E-state index in [4.69, 9.17) is 19.2 Å². The lowest BCUT2D eigenvalue weighted by Crippen LogP contribution is -2.36. The van der Waals surface area contributed by atoms with Crippen LogP contribution in [0.5, 0.6) is 5.75 Å². The number of rotatable bonds is 6. The van der Waals surface area contributed by atoms with Gasteiger partial charge in [-0.25, -0.2) is 9.78 Å². The summed E-state index contributed by atoms with van der Waals surface area (Å²) >= 11 is 1.38. The fourth-order valence-electron chi connectivity index (χ4n) is 2.64. The molecule has 0 atom stereocenters. The van der Waals surface area contributed by atoms with Crippen LogP contribution in [0.3, 0.4) is 0 Å². The zero-order valence-corrected chi connectivity index (χ0v) is 15.3. The smallest absolute Gasteiger partial charge is 0.350 e. The van der Waals surface area contributed by atoms with Crippen LogP contribution in [0.15, 0.2) is 24.3 Å².